The molecule has 0 saturated carbocycles. The second kappa shape index (κ2) is 6.38. The van der Waals surface area contributed by atoms with Gasteiger partial charge >= 0.3 is 12.1 Å². The monoisotopic (exact) mass is 339 g/mol. The Morgan fingerprint density at radius 1 is 1.42 bits per heavy atom. The molecule has 0 aliphatic rings. The summed E-state index contributed by atoms with van der Waals surface area (Å²) in [5, 5.41) is 8.58. The summed E-state index contributed by atoms with van der Waals surface area (Å²) in [5.41, 5.74) is 0.671. The molecule has 0 spiro atoms. The van der Waals surface area contributed by atoms with Crippen LogP contribution in [0, 0.1) is 0 Å². The fourth-order valence-electron chi connectivity index (χ4n) is 1.69. The van der Waals surface area contributed by atoms with E-state index in [2.05, 4.69) is 15.9 Å². The van der Waals surface area contributed by atoms with E-state index in [0.29, 0.717) is 10.0 Å². The Bertz CT molecular complexity index is 451. The van der Waals surface area contributed by atoms with Gasteiger partial charge in [-0.1, -0.05) is 34.1 Å². The Labute approximate surface area is 117 Å². The molecule has 1 unspecified atom stereocenters. The average molecular weight is 340 g/mol. The maximum absolute atomic E-state index is 12.8. The minimum Gasteiger partial charge on any atom is -0.481 e. The van der Waals surface area contributed by atoms with Gasteiger partial charge in [0, 0.05) is 11.0 Å². The van der Waals surface area contributed by atoms with Crippen molar-refractivity contribution < 1.29 is 23.1 Å². The molecule has 0 fully saturated rings. The van der Waals surface area contributed by atoms with Gasteiger partial charge in [0.05, 0.1) is 6.42 Å². The largest absolute Gasteiger partial charge is 0.481 e. The summed E-state index contributed by atoms with van der Waals surface area (Å²) in [6, 6.07) is 4.88. The van der Waals surface area contributed by atoms with Crippen LogP contribution in [-0.2, 0) is 11.3 Å². The maximum Gasteiger partial charge on any atom is 0.404 e. The van der Waals surface area contributed by atoms with Crippen LogP contribution in [0.4, 0.5) is 13.2 Å². The minimum absolute atomic E-state index is 0.0128. The van der Waals surface area contributed by atoms with Crippen molar-refractivity contribution in [1.29, 1.82) is 0 Å². The van der Waals surface area contributed by atoms with E-state index in [1.807, 2.05) is 0 Å². The van der Waals surface area contributed by atoms with Gasteiger partial charge in [0.15, 0.2) is 0 Å². The first-order chi connectivity index (χ1) is 8.71. The van der Waals surface area contributed by atoms with Crippen LogP contribution in [0.1, 0.15) is 12.0 Å². The number of carbonyl (C=O) groups is 1. The van der Waals surface area contributed by atoms with E-state index < -0.39 is 24.6 Å². The molecule has 0 radical (unpaired) electrons. The molecule has 106 valence electrons. The Balaban J connectivity index is 2.86. The Hall–Kier alpha value is -1.08. The number of aliphatic carboxylic acids is 1. The van der Waals surface area contributed by atoms with Gasteiger partial charge in [-0.05, 0) is 18.7 Å². The van der Waals surface area contributed by atoms with Crippen LogP contribution in [-0.4, -0.2) is 35.2 Å². The Kier molecular flexibility index (Phi) is 5.37. The molecule has 0 bridgehead atoms. The summed E-state index contributed by atoms with van der Waals surface area (Å²) in [4.78, 5) is 11.5. The van der Waals surface area contributed by atoms with Crippen LogP contribution in [0.3, 0.4) is 0 Å². The van der Waals surface area contributed by atoms with Crippen molar-refractivity contribution in [2.75, 3.05) is 7.05 Å². The SMILES string of the molecule is CN(Cc1ccccc1Br)C(CC(=O)O)C(F)(F)F. The number of halogens is 4. The zero-order chi connectivity index (χ0) is 14.6. The lowest BCUT2D eigenvalue weighted by Crippen LogP contribution is -2.44. The minimum atomic E-state index is -4.58. The van der Waals surface area contributed by atoms with Gasteiger partial charge in [0.25, 0.3) is 0 Å². The lowest BCUT2D eigenvalue weighted by Gasteiger charge is -2.29. The van der Waals surface area contributed by atoms with Crippen molar-refractivity contribution in [2.24, 2.45) is 0 Å². The van der Waals surface area contributed by atoms with Gasteiger partial charge in [-0.15, -0.1) is 0 Å². The molecule has 1 rings (SSSR count). The zero-order valence-electron chi connectivity index (χ0n) is 10.1. The predicted molar refractivity (Wildman–Crippen MR) is 67.7 cm³/mol. The van der Waals surface area contributed by atoms with Gasteiger partial charge in [-0.2, -0.15) is 13.2 Å². The Morgan fingerprint density at radius 3 is 2.47 bits per heavy atom. The standard InChI is InChI=1S/C12H13BrF3NO2/c1-17(7-8-4-2-3-5-9(8)13)10(6-11(18)19)12(14,15)16/h2-5,10H,6-7H2,1H3,(H,18,19). The summed E-state index contributed by atoms with van der Waals surface area (Å²) < 4.78 is 39.1. The molecule has 0 aliphatic carbocycles. The van der Waals surface area contributed by atoms with Crippen molar-refractivity contribution in [3.63, 3.8) is 0 Å². The third-order valence-corrected chi connectivity index (χ3v) is 3.43. The van der Waals surface area contributed by atoms with Gasteiger partial charge in [-0.3, -0.25) is 9.69 Å². The first-order valence-corrected chi connectivity index (χ1v) is 6.23. The smallest absolute Gasteiger partial charge is 0.404 e. The van der Waals surface area contributed by atoms with Crippen LogP contribution in [0.5, 0.6) is 0 Å². The first-order valence-electron chi connectivity index (χ1n) is 5.44. The molecule has 0 aliphatic heterocycles. The highest BCUT2D eigenvalue weighted by molar-refractivity contribution is 9.10. The number of benzene rings is 1. The highest BCUT2D eigenvalue weighted by atomic mass is 79.9. The third-order valence-electron chi connectivity index (χ3n) is 2.66. The van der Waals surface area contributed by atoms with E-state index in [1.165, 1.54) is 7.05 Å². The number of rotatable bonds is 5. The molecule has 1 aromatic carbocycles. The number of carboxylic acids is 1. The summed E-state index contributed by atoms with van der Waals surface area (Å²) >= 11 is 3.25. The topological polar surface area (TPSA) is 40.5 Å². The lowest BCUT2D eigenvalue weighted by molar-refractivity contribution is -0.188. The molecular formula is C12H13BrF3NO2. The molecule has 3 nitrogen and oxygen atoms in total. The molecule has 0 heterocycles. The second-order valence-electron chi connectivity index (χ2n) is 4.16. The number of carboxylic acid groups (broad SMARTS) is 1. The third kappa shape index (κ3) is 4.83. The first kappa shape index (κ1) is 16.0. The zero-order valence-corrected chi connectivity index (χ0v) is 11.7. The lowest BCUT2D eigenvalue weighted by atomic mass is 10.1. The number of alkyl halides is 3. The molecule has 1 aromatic rings. The van der Waals surface area contributed by atoms with E-state index >= 15 is 0 Å². The van der Waals surface area contributed by atoms with Crippen LogP contribution < -0.4 is 0 Å². The van der Waals surface area contributed by atoms with E-state index in [0.717, 1.165) is 4.90 Å². The number of hydrogen-bond acceptors (Lipinski definition) is 2. The maximum atomic E-state index is 12.8. The molecular weight excluding hydrogens is 327 g/mol. The molecule has 7 heteroatoms. The van der Waals surface area contributed by atoms with Crippen molar-refractivity contribution in [3.05, 3.63) is 34.3 Å². The highest BCUT2D eigenvalue weighted by Gasteiger charge is 2.43. The van der Waals surface area contributed by atoms with Crippen molar-refractivity contribution in [2.45, 2.75) is 25.2 Å². The highest BCUT2D eigenvalue weighted by Crippen LogP contribution is 2.28. The van der Waals surface area contributed by atoms with Crippen molar-refractivity contribution in [3.8, 4) is 0 Å². The van der Waals surface area contributed by atoms with E-state index in [-0.39, 0.29) is 6.54 Å². The number of hydrogen-bond donors (Lipinski definition) is 1. The van der Waals surface area contributed by atoms with Crippen LogP contribution in [0.25, 0.3) is 0 Å². The van der Waals surface area contributed by atoms with Crippen LogP contribution >= 0.6 is 15.9 Å². The molecule has 0 amide bonds. The van der Waals surface area contributed by atoms with Crippen LogP contribution in [0.2, 0.25) is 0 Å². The van der Waals surface area contributed by atoms with Gasteiger partial charge in [0.1, 0.15) is 6.04 Å². The van der Waals surface area contributed by atoms with Gasteiger partial charge in [0.2, 0.25) is 0 Å². The fraction of sp³-hybridized carbons (Fsp3) is 0.417. The summed E-state index contributed by atoms with van der Waals surface area (Å²) in [7, 11) is 1.26. The second-order valence-corrected chi connectivity index (χ2v) is 5.02. The summed E-state index contributed by atoms with van der Waals surface area (Å²) in [6.07, 6.45) is -5.54. The summed E-state index contributed by atoms with van der Waals surface area (Å²) in [5.74, 6) is -1.47. The van der Waals surface area contributed by atoms with Crippen molar-refractivity contribution >= 4 is 21.9 Å². The normalized spacial score (nSPS) is 13.6. The predicted octanol–water partition coefficient (Wildman–Crippen LogP) is 3.29. The quantitative estimate of drug-likeness (QED) is 0.894. The van der Waals surface area contributed by atoms with Crippen LogP contribution in [0.15, 0.2) is 28.7 Å². The fourth-order valence-corrected chi connectivity index (χ4v) is 2.10. The van der Waals surface area contributed by atoms with E-state index in [9.17, 15) is 18.0 Å². The van der Waals surface area contributed by atoms with Gasteiger partial charge in [-0.25, -0.2) is 0 Å². The molecule has 0 aromatic heterocycles. The molecule has 0 saturated heterocycles. The molecule has 1 N–H and O–H groups in total. The average Bonchev–Trinajstić information content (AvgIpc) is 2.27. The van der Waals surface area contributed by atoms with E-state index in [1.54, 1.807) is 24.3 Å². The van der Waals surface area contributed by atoms with E-state index in [4.69, 9.17) is 5.11 Å². The summed E-state index contributed by atoms with van der Waals surface area (Å²) in [6.45, 7) is 0.0128. The molecule has 19 heavy (non-hydrogen) atoms. The Morgan fingerprint density at radius 2 is 2.00 bits per heavy atom. The van der Waals surface area contributed by atoms with Gasteiger partial charge < -0.3 is 5.11 Å². The van der Waals surface area contributed by atoms with Crippen molar-refractivity contribution in [1.82, 2.24) is 4.90 Å². The number of nitrogens with zero attached hydrogens (tertiary/aromatic N) is 1. The molecule has 1 atom stereocenters.